The molecule has 0 unspecified atom stereocenters. The second-order valence-corrected chi connectivity index (χ2v) is 7.14. The number of nitrogens with zero attached hydrogens (tertiary/aromatic N) is 3. The normalized spacial score (nSPS) is 21.1. The van der Waals surface area contributed by atoms with Gasteiger partial charge in [-0.25, -0.2) is 4.98 Å². The average molecular weight is 362 g/mol. The summed E-state index contributed by atoms with van der Waals surface area (Å²) in [7, 11) is 0. The molecule has 0 bridgehead atoms. The van der Waals surface area contributed by atoms with Crippen LogP contribution in [0.2, 0.25) is 0 Å². The van der Waals surface area contributed by atoms with Gasteiger partial charge in [0.05, 0.1) is 0 Å². The van der Waals surface area contributed by atoms with Crippen molar-refractivity contribution in [1.29, 1.82) is 0 Å². The molecule has 2 aliphatic rings. The molecule has 26 heavy (non-hydrogen) atoms. The summed E-state index contributed by atoms with van der Waals surface area (Å²) in [6.45, 7) is 5.65. The van der Waals surface area contributed by atoms with E-state index >= 15 is 0 Å². The molecular weight excluding hydrogens is 332 g/mol. The second-order valence-electron chi connectivity index (χ2n) is 7.14. The molecule has 1 aromatic rings. The fraction of sp³-hybridized carbons (Fsp3) is 0.737. The number of aryl methyl sites for hydroxylation is 2. The van der Waals surface area contributed by atoms with E-state index in [-0.39, 0.29) is 23.8 Å². The van der Waals surface area contributed by atoms with Crippen molar-refractivity contribution in [1.82, 2.24) is 19.8 Å². The minimum atomic E-state index is -0.253. The van der Waals surface area contributed by atoms with Crippen molar-refractivity contribution in [3.63, 3.8) is 0 Å². The number of aromatic nitrogens is 2. The number of rotatable bonds is 7. The number of carbonyl (C=O) groups excluding carboxylic acids is 2. The van der Waals surface area contributed by atoms with Gasteiger partial charge in [0.15, 0.2) is 0 Å². The van der Waals surface area contributed by atoms with Crippen molar-refractivity contribution in [2.45, 2.75) is 58.1 Å². The molecule has 144 valence electrons. The standard InChI is InChI=1S/C19H30N4O3/c1-2-17-20-9-13-22(17)10-4-8-21-18(24)15-6-11-23(12-7-15)19(25)16-5-3-14-26-16/h9,13,15-16H,2-8,10-12,14H2,1H3,(H,21,24)/t16-/m0/s1. The van der Waals surface area contributed by atoms with Gasteiger partial charge in [-0.1, -0.05) is 6.92 Å². The van der Waals surface area contributed by atoms with Crippen LogP contribution in [0.4, 0.5) is 0 Å². The van der Waals surface area contributed by atoms with Crippen LogP contribution in [-0.2, 0) is 27.3 Å². The molecule has 0 aliphatic carbocycles. The molecule has 2 fully saturated rings. The third kappa shape index (κ3) is 4.63. The summed E-state index contributed by atoms with van der Waals surface area (Å²) in [5, 5.41) is 3.05. The number of likely N-dealkylation sites (tertiary alicyclic amines) is 1. The summed E-state index contributed by atoms with van der Waals surface area (Å²) >= 11 is 0. The van der Waals surface area contributed by atoms with Crippen LogP contribution >= 0.6 is 0 Å². The number of hydrogen-bond acceptors (Lipinski definition) is 4. The van der Waals surface area contributed by atoms with Crippen LogP contribution in [-0.4, -0.2) is 58.6 Å². The van der Waals surface area contributed by atoms with Crippen molar-refractivity contribution in [3.8, 4) is 0 Å². The van der Waals surface area contributed by atoms with Crippen LogP contribution in [0.25, 0.3) is 0 Å². The lowest BCUT2D eigenvalue weighted by atomic mass is 9.95. The van der Waals surface area contributed by atoms with Crippen LogP contribution in [0.5, 0.6) is 0 Å². The highest BCUT2D eigenvalue weighted by Crippen LogP contribution is 2.21. The monoisotopic (exact) mass is 362 g/mol. The number of ether oxygens (including phenoxy) is 1. The SMILES string of the molecule is CCc1nccn1CCCNC(=O)C1CCN(C(=O)[C@@H]2CCCO2)CC1. The first-order chi connectivity index (χ1) is 12.7. The van der Waals surface area contributed by atoms with Crippen molar-refractivity contribution < 1.29 is 14.3 Å². The van der Waals surface area contributed by atoms with E-state index in [4.69, 9.17) is 4.74 Å². The quantitative estimate of drug-likeness (QED) is 0.743. The van der Waals surface area contributed by atoms with E-state index < -0.39 is 0 Å². The summed E-state index contributed by atoms with van der Waals surface area (Å²) in [6.07, 6.45) is 8.65. The van der Waals surface area contributed by atoms with Gasteiger partial charge in [0.1, 0.15) is 11.9 Å². The zero-order chi connectivity index (χ0) is 18.4. The Balaban J connectivity index is 1.34. The molecule has 2 amide bonds. The Labute approximate surface area is 155 Å². The first-order valence-electron chi connectivity index (χ1n) is 9.87. The maximum Gasteiger partial charge on any atom is 0.251 e. The highest BCUT2D eigenvalue weighted by Gasteiger charge is 2.32. The minimum Gasteiger partial charge on any atom is -0.368 e. The minimum absolute atomic E-state index is 0.0167. The van der Waals surface area contributed by atoms with E-state index in [1.165, 1.54) is 0 Å². The van der Waals surface area contributed by atoms with Gasteiger partial charge in [0.2, 0.25) is 5.91 Å². The van der Waals surface area contributed by atoms with Gasteiger partial charge in [0.25, 0.3) is 5.91 Å². The number of hydrogen-bond donors (Lipinski definition) is 1. The third-order valence-electron chi connectivity index (χ3n) is 5.38. The van der Waals surface area contributed by atoms with Crippen LogP contribution in [0.3, 0.4) is 0 Å². The zero-order valence-electron chi connectivity index (χ0n) is 15.7. The molecule has 0 aromatic carbocycles. The van der Waals surface area contributed by atoms with Crippen LogP contribution < -0.4 is 5.32 Å². The van der Waals surface area contributed by atoms with E-state index in [0.29, 0.717) is 26.2 Å². The van der Waals surface area contributed by atoms with Crippen molar-refractivity contribution in [3.05, 3.63) is 18.2 Å². The van der Waals surface area contributed by atoms with E-state index in [9.17, 15) is 9.59 Å². The van der Waals surface area contributed by atoms with Crippen molar-refractivity contribution >= 4 is 11.8 Å². The lowest BCUT2D eigenvalue weighted by molar-refractivity contribution is -0.143. The van der Waals surface area contributed by atoms with Crippen LogP contribution in [0.15, 0.2) is 12.4 Å². The number of imidazole rings is 1. The lowest BCUT2D eigenvalue weighted by Gasteiger charge is -2.32. The van der Waals surface area contributed by atoms with Gasteiger partial charge in [-0.2, -0.15) is 0 Å². The van der Waals surface area contributed by atoms with Crippen molar-refractivity contribution in [2.75, 3.05) is 26.2 Å². The van der Waals surface area contributed by atoms with E-state index in [2.05, 4.69) is 21.8 Å². The van der Waals surface area contributed by atoms with Gasteiger partial charge in [-0.05, 0) is 32.1 Å². The van der Waals surface area contributed by atoms with Gasteiger partial charge in [-0.15, -0.1) is 0 Å². The van der Waals surface area contributed by atoms with Crippen LogP contribution in [0, 0.1) is 5.92 Å². The first kappa shape index (κ1) is 18.9. The first-order valence-corrected chi connectivity index (χ1v) is 9.87. The number of piperidine rings is 1. The van der Waals surface area contributed by atoms with E-state index in [0.717, 1.165) is 50.9 Å². The summed E-state index contributed by atoms with van der Waals surface area (Å²) in [4.78, 5) is 30.9. The lowest BCUT2D eigenvalue weighted by Crippen LogP contribution is -2.46. The smallest absolute Gasteiger partial charge is 0.251 e. The Morgan fingerprint density at radius 1 is 1.31 bits per heavy atom. The average Bonchev–Trinajstić information content (AvgIpc) is 3.36. The Morgan fingerprint density at radius 3 is 2.81 bits per heavy atom. The van der Waals surface area contributed by atoms with Gasteiger partial charge in [-0.3, -0.25) is 9.59 Å². The predicted octanol–water partition coefficient (Wildman–Crippen LogP) is 1.37. The Morgan fingerprint density at radius 2 is 2.12 bits per heavy atom. The molecular formula is C19H30N4O3. The summed E-state index contributed by atoms with van der Waals surface area (Å²) in [6, 6.07) is 0. The van der Waals surface area contributed by atoms with E-state index in [1.807, 2.05) is 17.3 Å². The number of amides is 2. The summed E-state index contributed by atoms with van der Waals surface area (Å²) in [5.74, 6) is 1.33. The highest BCUT2D eigenvalue weighted by molar-refractivity contribution is 5.82. The molecule has 1 atom stereocenters. The van der Waals surface area contributed by atoms with Crippen LogP contribution in [0.1, 0.15) is 44.9 Å². The van der Waals surface area contributed by atoms with Gasteiger partial charge < -0.3 is 19.5 Å². The summed E-state index contributed by atoms with van der Waals surface area (Å²) in [5.41, 5.74) is 0. The Bertz CT molecular complexity index is 602. The topological polar surface area (TPSA) is 76.5 Å². The summed E-state index contributed by atoms with van der Waals surface area (Å²) < 4.78 is 7.62. The molecule has 2 saturated heterocycles. The molecule has 3 heterocycles. The Hall–Kier alpha value is -1.89. The third-order valence-corrected chi connectivity index (χ3v) is 5.38. The molecule has 1 N–H and O–H groups in total. The maximum absolute atomic E-state index is 12.4. The highest BCUT2D eigenvalue weighted by atomic mass is 16.5. The molecule has 0 radical (unpaired) electrons. The molecule has 7 heteroatoms. The molecule has 0 spiro atoms. The van der Waals surface area contributed by atoms with Crippen molar-refractivity contribution in [2.24, 2.45) is 5.92 Å². The number of carbonyl (C=O) groups is 2. The molecule has 3 rings (SSSR count). The molecule has 0 saturated carbocycles. The molecule has 1 aromatic heterocycles. The zero-order valence-corrected chi connectivity index (χ0v) is 15.7. The molecule has 7 nitrogen and oxygen atoms in total. The second kappa shape index (κ2) is 9.16. The Kier molecular flexibility index (Phi) is 6.66. The van der Waals surface area contributed by atoms with E-state index in [1.54, 1.807) is 0 Å². The fourth-order valence-corrected chi connectivity index (χ4v) is 3.80. The maximum atomic E-state index is 12.4. The largest absolute Gasteiger partial charge is 0.368 e. The number of nitrogens with one attached hydrogen (secondary N) is 1. The predicted molar refractivity (Wildman–Crippen MR) is 97.5 cm³/mol. The fourth-order valence-electron chi connectivity index (χ4n) is 3.80. The van der Waals surface area contributed by atoms with Gasteiger partial charge >= 0.3 is 0 Å². The van der Waals surface area contributed by atoms with Gasteiger partial charge in [0, 0.05) is 57.5 Å². The molecule has 2 aliphatic heterocycles.